The largest absolute Gasteiger partial charge is 0.508 e. The number of aromatic hydroxyl groups is 1. The van der Waals surface area contributed by atoms with E-state index in [9.17, 15) is 9.90 Å². The maximum Gasteiger partial charge on any atom is 0.236 e. The van der Waals surface area contributed by atoms with Crippen LogP contribution in [0, 0.1) is 6.92 Å². The molecule has 0 saturated heterocycles. The number of nitrogens with one attached hydrogen (secondary N) is 1. The standard InChI is InChI=1S/C19H17N5O4S/c1-12-9-16(23-28-12)20-17(26)11-29-19-22-21-18(13-4-6-14(25)7-5-13)24(19)10-15-3-2-8-27-15/h2-9,25H,10-11H2,1H3,(H,20,23,26). The van der Waals surface area contributed by atoms with E-state index < -0.39 is 0 Å². The van der Waals surface area contributed by atoms with Crippen LogP contribution in [0.4, 0.5) is 5.82 Å². The zero-order valence-electron chi connectivity index (χ0n) is 15.4. The van der Waals surface area contributed by atoms with Crippen LogP contribution in [0.2, 0.25) is 0 Å². The molecule has 0 radical (unpaired) electrons. The summed E-state index contributed by atoms with van der Waals surface area (Å²) in [6.07, 6.45) is 1.60. The van der Waals surface area contributed by atoms with E-state index >= 15 is 0 Å². The third-order valence-electron chi connectivity index (χ3n) is 3.96. The molecule has 0 aliphatic heterocycles. The minimum atomic E-state index is -0.234. The number of carbonyl (C=O) groups is 1. The van der Waals surface area contributed by atoms with Gasteiger partial charge < -0.3 is 19.4 Å². The maximum absolute atomic E-state index is 12.2. The van der Waals surface area contributed by atoms with E-state index in [0.29, 0.717) is 29.1 Å². The molecule has 148 valence electrons. The van der Waals surface area contributed by atoms with Crippen LogP contribution < -0.4 is 5.32 Å². The van der Waals surface area contributed by atoms with Gasteiger partial charge in [-0.3, -0.25) is 9.36 Å². The van der Waals surface area contributed by atoms with Crippen LogP contribution >= 0.6 is 11.8 Å². The number of hydrogen-bond donors (Lipinski definition) is 2. The average Bonchev–Trinajstić information content (AvgIpc) is 3.44. The van der Waals surface area contributed by atoms with Gasteiger partial charge in [-0.05, 0) is 43.3 Å². The fourth-order valence-electron chi connectivity index (χ4n) is 2.65. The van der Waals surface area contributed by atoms with E-state index in [2.05, 4.69) is 20.7 Å². The van der Waals surface area contributed by atoms with Crippen molar-refractivity contribution in [3.63, 3.8) is 0 Å². The number of amides is 1. The molecular formula is C19H17N5O4S. The van der Waals surface area contributed by atoms with Gasteiger partial charge in [-0.1, -0.05) is 16.9 Å². The van der Waals surface area contributed by atoms with Crippen LogP contribution in [0.1, 0.15) is 11.5 Å². The second-order valence-electron chi connectivity index (χ2n) is 6.18. The van der Waals surface area contributed by atoms with Crippen LogP contribution in [0.5, 0.6) is 5.75 Å². The summed E-state index contributed by atoms with van der Waals surface area (Å²) >= 11 is 1.25. The number of thioether (sulfide) groups is 1. The Morgan fingerprint density at radius 1 is 1.24 bits per heavy atom. The molecule has 9 nitrogen and oxygen atoms in total. The number of hydrogen-bond acceptors (Lipinski definition) is 8. The van der Waals surface area contributed by atoms with Gasteiger partial charge in [-0.2, -0.15) is 0 Å². The molecule has 0 aliphatic rings. The number of aromatic nitrogens is 4. The number of rotatable bonds is 7. The van der Waals surface area contributed by atoms with Gasteiger partial charge in [0.05, 0.1) is 18.6 Å². The van der Waals surface area contributed by atoms with Gasteiger partial charge in [0, 0.05) is 11.6 Å². The summed E-state index contributed by atoms with van der Waals surface area (Å²) in [5, 5.41) is 25.0. The van der Waals surface area contributed by atoms with Crippen LogP contribution in [-0.2, 0) is 11.3 Å². The van der Waals surface area contributed by atoms with Crippen molar-refractivity contribution in [3.8, 4) is 17.1 Å². The van der Waals surface area contributed by atoms with E-state index in [0.717, 1.165) is 11.3 Å². The lowest BCUT2D eigenvalue weighted by Gasteiger charge is -2.09. The van der Waals surface area contributed by atoms with Crippen LogP contribution in [-0.4, -0.2) is 36.7 Å². The van der Waals surface area contributed by atoms with Gasteiger partial charge in [0.2, 0.25) is 5.91 Å². The van der Waals surface area contributed by atoms with Gasteiger partial charge in [0.1, 0.15) is 17.3 Å². The highest BCUT2D eigenvalue weighted by molar-refractivity contribution is 7.99. The number of furan rings is 1. The Kier molecular flexibility index (Phi) is 5.34. The molecule has 1 amide bonds. The van der Waals surface area contributed by atoms with Gasteiger partial charge >= 0.3 is 0 Å². The van der Waals surface area contributed by atoms with E-state index in [4.69, 9.17) is 8.94 Å². The number of nitrogens with zero attached hydrogens (tertiary/aromatic N) is 4. The Labute approximate surface area is 169 Å². The molecule has 0 atom stereocenters. The predicted molar refractivity (Wildman–Crippen MR) is 106 cm³/mol. The van der Waals surface area contributed by atoms with Crippen molar-refractivity contribution in [3.05, 3.63) is 60.2 Å². The molecule has 29 heavy (non-hydrogen) atoms. The molecule has 0 spiro atoms. The Hall–Kier alpha value is -3.53. The van der Waals surface area contributed by atoms with Gasteiger partial charge in [-0.15, -0.1) is 10.2 Å². The minimum Gasteiger partial charge on any atom is -0.508 e. The van der Waals surface area contributed by atoms with Crippen molar-refractivity contribution < 1.29 is 18.8 Å². The Morgan fingerprint density at radius 2 is 2.07 bits per heavy atom. The summed E-state index contributed by atoms with van der Waals surface area (Å²) < 4.78 is 12.3. The average molecular weight is 411 g/mol. The summed E-state index contributed by atoms with van der Waals surface area (Å²) in [5.41, 5.74) is 0.788. The number of carbonyl (C=O) groups excluding carboxylic acids is 1. The lowest BCUT2D eigenvalue weighted by atomic mass is 10.2. The zero-order valence-corrected chi connectivity index (χ0v) is 16.2. The third-order valence-corrected chi connectivity index (χ3v) is 4.93. The van der Waals surface area contributed by atoms with Crippen LogP contribution in [0.15, 0.2) is 62.8 Å². The fourth-order valence-corrected chi connectivity index (χ4v) is 3.39. The molecule has 4 aromatic rings. The first-order chi connectivity index (χ1) is 14.1. The van der Waals surface area contributed by atoms with Crippen molar-refractivity contribution in [1.82, 2.24) is 19.9 Å². The molecule has 0 saturated carbocycles. The van der Waals surface area contributed by atoms with Gasteiger partial charge in [0.25, 0.3) is 0 Å². The highest BCUT2D eigenvalue weighted by atomic mass is 32.2. The number of anilines is 1. The van der Waals surface area contributed by atoms with Crippen LogP contribution in [0.25, 0.3) is 11.4 Å². The highest BCUT2D eigenvalue weighted by Crippen LogP contribution is 2.26. The molecule has 10 heteroatoms. The lowest BCUT2D eigenvalue weighted by molar-refractivity contribution is -0.113. The molecule has 2 N–H and O–H groups in total. The first kappa shape index (κ1) is 18.8. The molecule has 0 bridgehead atoms. The number of aryl methyl sites for hydroxylation is 1. The van der Waals surface area contributed by atoms with E-state index in [1.165, 1.54) is 11.8 Å². The zero-order chi connectivity index (χ0) is 20.2. The molecule has 4 rings (SSSR count). The van der Waals surface area contributed by atoms with Crippen molar-refractivity contribution in [2.24, 2.45) is 0 Å². The van der Waals surface area contributed by atoms with Crippen molar-refractivity contribution in [2.75, 3.05) is 11.1 Å². The maximum atomic E-state index is 12.2. The second kappa shape index (κ2) is 8.23. The minimum absolute atomic E-state index is 0.123. The molecule has 1 aromatic carbocycles. The number of phenols is 1. The third kappa shape index (κ3) is 4.49. The summed E-state index contributed by atoms with van der Waals surface area (Å²) in [6.45, 7) is 2.15. The first-order valence-corrected chi connectivity index (χ1v) is 9.68. The molecular weight excluding hydrogens is 394 g/mol. The summed E-state index contributed by atoms with van der Waals surface area (Å²) in [4.78, 5) is 12.2. The molecule has 3 heterocycles. The normalized spacial score (nSPS) is 10.9. The number of phenolic OH excluding ortho intramolecular Hbond substituents is 1. The van der Waals surface area contributed by atoms with E-state index in [1.807, 2.05) is 10.6 Å². The first-order valence-electron chi connectivity index (χ1n) is 8.69. The monoisotopic (exact) mass is 411 g/mol. The molecule has 0 aliphatic carbocycles. The van der Waals surface area contributed by atoms with Crippen LogP contribution in [0.3, 0.4) is 0 Å². The molecule has 3 aromatic heterocycles. The fraction of sp³-hybridized carbons (Fsp3) is 0.158. The van der Waals surface area contributed by atoms with Gasteiger partial charge in [-0.25, -0.2) is 0 Å². The number of benzene rings is 1. The lowest BCUT2D eigenvalue weighted by Crippen LogP contribution is -2.15. The Morgan fingerprint density at radius 3 is 2.76 bits per heavy atom. The second-order valence-corrected chi connectivity index (χ2v) is 7.12. The van der Waals surface area contributed by atoms with E-state index in [1.54, 1.807) is 49.6 Å². The Bertz CT molecular complexity index is 1100. The van der Waals surface area contributed by atoms with Crippen molar-refractivity contribution in [2.45, 2.75) is 18.6 Å². The summed E-state index contributed by atoms with van der Waals surface area (Å²) in [5.74, 6) is 2.38. The topological polar surface area (TPSA) is 119 Å². The highest BCUT2D eigenvalue weighted by Gasteiger charge is 2.17. The summed E-state index contributed by atoms with van der Waals surface area (Å²) in [6, 6.07) is 12.0. The molecule has 0 unspecified atom stereocenters. The quantitative estimate of drug-likeness (QED) is 0.445. The molecule has 0 fully saturated rings. The predicted octanol–water partition coefficient (Wildman–Crippen LogP) is 3.32. The SMILES string of the molecule is Cc1cc(NC(=O)CSc2nnc(-c3ccc(O)cc3)n2Cc2ccco2)no1. The van der Waals surface area contributed by atoms with Crippen molar-refractivity contribution in [1.29, 1.82) is 0 Å². The smallest absolute Gasteiger partial charge is 0.236 e. The van der Waals surface area contributed by atoms with E-state index in [-0.39, 0.29) is 17.4 Å². The Balaban J connectivity index is 1.54. The van der Waals surface area contributed by atoms with Gasteiger partial charge in [0.15, 0.2) is 16.8 Å². The summed E-state index contributed by atoms with van der Waals surface area (Å²) in [7, 11) is 0. The van der Waals surface area contributed by atoms with Crippen molar-refractivity contribution >= 4 is 23.5 Å².